The standard InChI is InChI=1S/C17H19N3O6S/c1-9(21)13(16(25)26)19-17(27)18-12(22)7-4-8-20-14(23)10-5-2-3-6-11(10)15(20)24/h2-3,5-6,9,13,21H,4,7-8H2,1H3,(H,25,26)(H2,18,19,22,27). The third-order valence-electron chi connectivity index (χ3n) is 3.95. The summed E-state index contributed by atoms with van der Waals surface area (Å²) >= 11 is 4.85. The van der Waals surface area contributed by atoms with E-state index in [-0.39, 0.29) is 24.5 Å². The van der Waals surface area contributed by atoms with Crippen LogP contribution in [0.2, 0.25) is 0 Å². The summed E-state index contributed by atoms with van der Waals surface area (Å²) in [4.78, 5) is 48.4. The number of thiocarbonyl (C=S) groups is 1. The number of rotatable bonds is 7. The topological polar surface area (TPSA) is 136 Å². The van der Waals surface area contributed by atoms with Gasteiger partial charge >= 0.3 is 5.97 Å². The highest BCUT2D eigenvalue weighted by Crippen LogP contribution is 2.22. The maximum atomic E-state index is 12.2. The molecule has 4 N–H and O–H groups in total. The summed E-state index contributed by atoms with van der Waals surface area (Å²) in [6.07, 6.45) is -1.02. The monoisotopic (exact) mass is 393 g/mol. The number of aliphatic hydroxyl groups excluding tert-OH is 1. The number of aliphatic hydroxyl groups is 1. The van der Waals surface area contributed by atoms with Gasteiger partial charge in [-0.15, -0.1) is 0 Å². The number of nitrogens with zero attached hydrogens (tertiary/aromatic N) is 1. The Morgan fingerprint density at radius 2 is 1.74 bits per heavy atom. The van der Waals surface area contributed by atoms with E-state index in [1.165, 1.54) is 6.92 Å². The van der Waals surface area contributed by atoms with Crippen LogP contribution in [0.5, 0.6) is 0 Å². The molecule has 0 fully saturated rings. The van der Waals surface area contributed by atoms with E-state index in [1.807, 2.05) is 0 Å². The van der Waals surface area contributed by atoms with Gasteiger partial charge in [-0.3, -0.25) is 19.3 Å². The number of carbonyl (C=O) groups excluding carboxylic acids is 3. The first-order valence-electron chi connectivity index (χ1n) is 8.18. The van der Waals surface area contributed by atoms with Gasteiger partial charge in [-0.05, 0) is 37.7 Å². The van der Waals surface area contributed by atoms with Crippen LogP contribution >= 0.6 is 12.2 Å². The number of imide groups is 1. The average Bonchev–Trinajstić information content (AvgIpc) is 2.84. The van der Waals surface area contributed by atoms with E-state index in [9.17, 15) is 24.3 Å². The zero-order valence-corrected chi connectivity index (χ0v) is 15.3. The van der Waals surface area contributed by atoms with Gasteiger partial charge in [0.15, 0.2) is 11.2 Å². The van der Waals surface area contributed by atoms with E-state index in [0.29, 0.717) is 11.1 Å². The fraction of sp³-hybridized carbons (Fsp3) is 0.353. The van der Waals surface area contributed by atoms with Crippen molar-refractivity contribution in [3.63, 3.8) is 0 Å². The van der Waals surface area contributed by atoms with E-state index in [0.717, 1.165) is 4.90 Å². The lowest BCUT2D eigenvalue weighted by Gasteiger charge is -2.19. The second-order valence-corrected chi connectivity index (χ2v) is 6.40. The molecule has 0 saturated heterocycles. The molecule has 1 aromatic carbocycles. The Morgan fingerprint density at radius 1 is 1.19 bits per heavy atom. The lowest BCUT2D eigenvalue weighted by Crippen LogP contribution is -2.52. The molecule has 0 aromatic heterocycles. The van der Waals surface area contributed by atoms with E-state index >= 15 is 0 Å². The molecule has 0 radical (unpaired) electrons. The quantitative estimate of drug-likeness (QED) is 0.372. The fourth-order valence-electron chi connectivity index (χ4n) is 2.60. The van der Waals surface area contributed by atoms with Crippen LogP contribution in [-0.2, 0) is 9.59 Å². The third kappa shape index (κ3) is 4.86. The number of nitrogens with one attached hydrogen (secondary N) is 2. The van der Waals surface area contributed by atoms with E-state index in [4.69, 9.17) is 17.3 Å². The fourth-order valence-corrected chi connectivity index (χ4v) is 2.84. The Kier molecular flexibility index (Phi) is 6.59. The number of hydrogen-bond donors (Lipinski definition) is 4. The first-order valence-corrected chi connectivity index (χ1v) is 8.59. The normalized spacial score (nSPS) is 15.1. The zero-order valence-electron chi connectivity index (χ0n) is 14.5. The van der Waals surface area contributed by atoms with Crippen molar-refractivity contribution >= 4 is 41.0 Å². The summed E-state index contributed by atoms with van der Waals surface area (Å²) < 4.78 is 0. The van der Waals surface area contributed by atoms with Crippen molar-refractivity contribution < 1.29 is 29.4 Å². The Hall–Kier alpha value is -2.85. The van der Waals surface area contributed by atoms with E-state index < -0.39 is 35.8 Å². The van der Waals surface area contributed by atoms with Gasteiger partial charge < -0.3 is 20.8 Å². The molecule has 2 atom stereocenters. The smallest absolute Gasteiger partial charge is 0.328 e. The van der Waals surface area contributed by atoms with Crippen molar-refractivity contribution in [2.75, 3.05) is 6.54 Å². The highest BCUT2D eigenvalue weighted by atomic mass is 32.1. The van der Waals surface area contributed by atoms with E-state index in [2.05, 4.69) is 10.6 Å². The lowest BCUT2D eigenvalue weighted by molar-refractivity contribution is -0.141. The average molecular weight is 393 g/mol. The molecule has 2 unspecified atom stereocenters. The molecule has 1 aliphatic rings. The van der Waals surface area contributed by atoms with Crippen molar-refractivity contribution in [1.29, 1.82) is 0 Å². The van der Waals surface area contributed by atoms with Crippen LogP contribution in [0.3, 0.4) is 0 Å². The Balaban J connectivity index is 1.80. The van der Waals surface area contributed by atoms with Gasteiger partial charge in [-0.1, -0.05) is 12.1 Å². The number of carbonyl (C=O) groups is 4. The number of amides is 3. The molecule has 2 rings (SSSR count). The largest absolute Gasteiger partial charge is 0.480 e. The van der Waals surface area contributed by atoms with Gasteiger partial charge in [0.05, 0.1) is 17.2 Å². The molecule has 1 aromatic rings. The van der Waals surface area contributed by atoms with Crippen molar-refractivity contribution in [3.8, 4) is 0 Å². The molecule has 10 heteroatoms. The van der Waals surface area contributed by atoms with Gasteiger partial charge in [0.1, 0.15) is 0 Å². The summed E-state index contributed by atoms with van der Waals surface area (Å²) in [7, 11) is 0. The second kappa shape index (κ2) is 8.69. The summed E-state index contributed by atoms with van der Waals surface area (Å²) in [6.45, 7) is 1.35. The van der Waals surface area contributed by atoms with Crippen LogP contribution in [0, 0.1) is 0 Å². The van der Waals surface area contributed by atoms with Crippen molar-refractivity contribution in [2.24, 2.45) is 0 Å². The molecular weight excluding hydrogens is 374 g/mol. The van der Waals surface area contributed by atoms with Crippen molar-refractivity contribution in [1.82, 2.24) is 15.5 Å². The minimum atomic E-state index is -1.35. The van der Waals surface area contributed by atoms with E-state index in [1.54, 1.807) is 24.3 Å². The minimum absolute atomic E-state index is 0.0261. The zero-order chi connectivity index (χ0) is 20.1. The highest BCUT2D eigenvalue weighted by molar-refractivity contribution is 7.80. The molecule has 3 amide bonds. The number of fused-ring (bicyclic) bond motifs is 1. The molecule has 1 aliphatic heterocycles. The maximum absolute atomic E-state index is 12.2. The first kappa shape index (κ1) is 20.5. The van der Waals surface area contributed by atoms with Crippen LogP contribution in [0.25, 0.3) is 0 Å². The van der Waals surface area contributed by atoms with Gasteiger partial charge in [0.2, 0.25) is 5.91 Å². The van der Waals surface area contributed by atoms with Crippen LogP contribution in [-0.4, -0.2) is 62.6 Å². The SMILES string of the molecule is CC(O)C(NC(=S)NC(=O)CCCN1C(=O)c2ccccc2C1=O)C(=O)O. The molecule has 0 saturated carbocycles. The molecule has 0 spiro atoms. The van der Waals surface area contributed by atoms with Crippen molar-refractivity contribution in [2.45, 2.75) is 31.9 Å². The number of carboxylic acid groups (broad SMARTS) is 1. The summed E-state index contributed by atoms with van der Waals surface area (Å²) in [6, 6.07) is 5.15. The molecule has 9 nitrogen and oxygen atoms in total. The molecular formula is C17H19N3O6S. The Labute approximate surface area is 160 Å². The molecule has 144 valence electrons. The number of aliphatic carboxylic acids is 1. The first-order chi connectivity index (χ1) is 12.7. The molecule has 0 aliphatic carbocycles. The second-order valence-electron chi connectivity index (χ2n) is 5.99. The van der Waals surface area contributed by atoms with Crippen LogP contribution < -0.4 is 10.6 Å². The number of benzene rings is 1. The van der Waals surface area contributed by atoms with Gasteiger partial charge in [-0.25, -0.2) is 4.79 Å². The number of carboxylic acids is 1. The minimum Gasteiger partial charge on any atom is -0.480 e. The van der Waals surface area contributed by atoms with Gasteiger partial charge in [0, 0.05) is 13.0 Å². The van der Waals surface area contributed by atoms with Crippen LogP contribution in [0.4, 0.5) is 0 Å². The lowest BCUT2D eigenvalue weighted by atomic mass is 10.1. The summed E-state index contributed by atoms with van der Waals surface area (Å²) in [5.41, 5.74) is 0.685. The third-order valence-corrected chi connectivity index (χ3v) is 4.17. The maximum Gasteiger partial charge on any atom is 0.328 e. The number of hydrogen-bond acceptors (Lipinski definition) is 6. The molecule has 27 heavy (non-hydrogen) atoms. The predicted molar refractivity (Wildman–Crippen MR) is 98.0 cm³/mol. The van der Waals surface area contributed by atoms with Crippen LogP contribution in [0.1, 0.15) is 40.5 Å². The Bertz CT molecular complexity index is 760. The Morgan fingerprint density at radius 3 is 2.22 bits per heavy atom. The summed E-state index contributed by atoms with van der Waals surface area (Å²) in [5.74, 6) is -2.60. The summed E-state index contributed by atoms with van der Waals surface area (Å²) in [5, 5.41) is 22.7. The molecule has 1 heterocycles. The van der Waals surface area contributed by atoms with Gasteiger partial charge in [0.25, 0.3) is 11.8 Å². The molecule has 0 bridgehead atoms. The van der Waals surface area contributed by atoms with Crippen LogP contribution in [0.15, 0.2) is 24.3 Å². The predicted octanol–water partition coefficient (Wildman–Crippen LogP) is -0.113. The highest BCUT2D eigenvalue weighted by Gasteiger charge is 2.34. The van der Waals surface area contributed by atoms with Crippen molar-refractivity contribution in [3.05, 3.63) is 35.4 Å². The van der Waals surface area contributed by atoms with Gasteiger partial charge in [-0.2, -0.15) is 0 Å².